The smallest absolute Gasteiger partial charge is 0.264 e. The second-order valence-corrected chi connectivity index (χ2v) is 13.1. The number of benzene rings is 3. The molecule has 0 saturated heterocycles. The fraction of sp³-hybridized carbons (Fsp3) is 0.333. The standard InChI is InChI=1S/C30H36BrN3O5S/c1-6-27(29(36)32-30(2,3)4)33(20-22-12-18-25(39-5)19-13-22)28(35)21-34(24-16-14-23(31)15-17-24)40(37,38)26-10-8-7-9-11-26/h7-19,27H,6,20-21H2,1-5H3,(H,32,36). The highest BCUT2D eigenvalue weighted by atomic mass is 79.9. The number of nitrogens with zero attached hydrogens (tertiary/aromatic N) is 2. The molecule has 2 amide bonds. The maximum absolute atomic E-state index is 14.1. The maximum Gasteiger partial charge on any atom is 0.264 e. The Morgan fingerprint density at radius 1 is 0.950 bits per heavy atom. The lowest BCUT2D eigenvalue weighted by atomic mass is 10.1. The van der Waals surface area contributed by atoms with Gasteiger partial charge < -0.3 is 15.0 Å². The lowest BCUT2D eigenvalue weighted by molar-refractivity contribution is -0.141. The van der Waals surface area contributed by atoms with E-state index in [1.54, 1.807) is 61.7 Å². The molecular formula is C30H36BrN3O5S. The highest BCUT2D eigenvalue weighted by Crippen LogP contribution is 2.26. The zero-order valence-electron chi connectivity index (χ0n) is 23.4. The summed E-state index contributed by atoms with van der Waals surface area (Å²) >= 11 is 3.38. The molecule has 0 fully saturated rings. The highest BCUT2D eigenvalue weighted by molar-refractivity contribution is 9.10. The SMILES string of the molecule is CCC(C(=O)NC(C)(C)C)N(Cc1ccc(OC)cc1)C(=O)CN(c1ccc(Br)cc1)S(=O)(=O)c1ccccc1. The van der Waals surface area contributed by atoms with Crippen LogP contribution in [0.2, 0.25) is 0 Å². The Balaban J connectivity index is 2.05. The van der Waals surface area contributed by atoms with E-state index in [4.69, 9.17) is 4.74 Å². The Hall–Kier alpha value is -3.37. The number of nitrogens with one attached hydrogen (secondary N) is 1. The van der Waals surface area contributed by atoms with Crippen LogP contribution in [-0.2, 0) is 26.2 Å². The number of anilines is 1. The van der Waals surface area contributed by atoms with Gasteiger partial charge in [-0.1, -0.05) is 53.2 Å². The van der Waals surface area contributed by atoms with Crippen molar-refractivity contribution in [3.05, 3.63) is 88.9 Å². The third kappa shape index (κ3) is 8.08. The Morgan fingerprint density at radius 3 is 2.08 bits per heavy atom. The van der Waals surface area contributed by atoms with Crippen LogP contribution in [0.3, 0.4) is 0 Å². The van der Waals surface area contributed by atoms with E-state index in [9.17, 15) is 18.0 Å². The van der Waals surface area contributed by atoms with Crippen molar-refractivity contribution in [3.8, 4) is 5.75 Å². The summed E-state index contributed by atoms with van der Waals surface area (Å²) < 4.78 is 34.7. The third-order valence-corrected chi connectivity index (χ3v) is 8.44. The molecule has 3 aromatic carbocycles. The van der Waals surface area contributed by atoms with Crippen molar-refractivity contribution in [2.75, 3.05) is 18.0 Å². The van der Waals surface area contributed by atoms with Gasteiger partial charge in [-0.05, 0) is 81.3 Å². The van der Waals surface area contributed by atoms with E-state index in [0.29, 0.717) is 17.9 Å². The van der Waals surface area contributed by atoms with Gasteiger partial charge in [-0.25, -0.2) is 8.42 Å². The lowest BCUT2D eigenvalue weighted by Gasteiger charge is -2.34. The summed E-state index contributed by atoms with van der Waals surface area (Å²) in [5, 5.41) is 2.97. The number of carbonyl (C=O) groups excluding carboxylic acids is 2. The Labute approximate surface area is 245 Å². The summed E-state index contributed by atoms with van der Waals surface area (Å²) in [6, 6.07) is 21.1. The van der Waals surface area contributed by atoms with Gasteiger partial charge in [0.1, 0.15) is 18.3 Å². The topological polar surface area (TPSA) is 96.0 Å². The maximum atomic E-state index is 14.1. The number of carbonyl (C=O) groups is 2. The van der Waals surface area contributed by atoms with Gasteiger partial charge in [0.05, 0.1) is 17.7 Å². The number of hydrogen-bond donors (Lipinski definition) is 1. The van der Waals surface area contributed by atoms with Gasteiger partial charge >= 0.3 is 0 Å². The van der Waals surface area contributed by atoms with Gasteiger partial charge in [0.15, 0.2) is 0 Å². The fourth-order valence-electron chi connectivity index (χ4n) is 4.16. The minimum Gasteiger partial charge on any atom is -0.497 e. The summed E-state index contributed by atoms with van der Waals surface area (Å²) in [6.45, 7) is 7.06. The molecule has 3 rings (SSSR count). The fourth-order valence-corrected chi connectivity index (χ4v) is 5.86. The summed E-state index contributed by atoms with van der Waals surface area (Å²) in [4.78, 5) is 29.0. The summed E-state index contributed by atoms with van der Waals surface area (Å²) in [5.74, 6) is -0.151. The van der Waals surface area contributed by atoms with Crippen molar-refractivity contribution in [3.63, 3.8) is 0 Å². The predicted octanol–water partition coefficient (Wildman–Crippen LogP) is 5.38. The van der Waals surface area contributed by atoms with Crippen molar-refractivity contribution in [2.45, 2.75) is 57.1 Å². The molecule has 10 heteroatoms. The number of rotatable bonds is 11. The first-order valence-electron chi connectivity index (χ1n) is 12.9. The summed E-state index contributed by atoms with van der Waals surface area (Å²) in [5.41, 5.74) is 0.591. The Morgan fingerprint density at radius 2 is 1.55 bits per heavy atom. The normalized spacial score (nSPS) is 12.3. The number of hydrogen-bond acceptors (Lipinski definition) is 5. The van der Waals surface area contributed by atoms with Crippen molar-refractivity contribution in [1.82, 2.24) is 10.2 Å². The predicted molar refractivity (Wildman–Crippen MR) is 161 cm³/mol. The van der Waals surface area contributed by atoms with E-state index in [1.165, 1.54) is 17.0 Å². The van der Waals surface area contributed by atoms with E-state index in [2.05, 4.69) is 21.2 Å². The van der Waals surface area contributed by atoms with E-state index in [-0.39, 0.29) is 17.3 Å². The summed E-state index contributed by atoms with van der Waals surface area (Å²) in [7, 11) is -2.54. The molecule has 0 aromatic heterocycles. The van der Waals surface area contributed by atoms with E-state index in [1.807, 2.05) is 39.8 Å². The van der Waals surface area contributed by atoms with Gasteiger partial charge in [-0.2, -0.15) is 0 Å². The molecule has 0 saturated carbocycles. The Kier molecular flexibility index (Phi) is 10.4. The van der Waals surface area contributed by atoms with E-state index >= 15 is 0 Å². The van der Waals surface area contributed by atoms with Crippen LogP contribution in [0.25, 0.3) is 0 Å². The van der Waals surface area contributed by atoms with E-state index in [0.717, 1.165) is 14.3 Å². The minimum atomic E-state index is -4.11. The van der Waals surface area contributed by atoms with Crippen LogP contribution in [0.1, 0.15) is 39.7 Å². The molecule has 0 radical (unpaired) electrons. The molecule has 0 bridgehead atoms. The van der Waals surface area contributed by atoms with Crippen LogP contribution in [0.5, 0.6) is 5.75 Å². The second-order valence-electron chi connectivity index (χ2n) is 10.3. The van der Waals surface area contributed by atoms with Crippen molar-refractivity contribution >= 4 is 43.5 Å². The number of methoxy groups -OCH3 is 1. The van der Waals surface area contributed by atoms with Crippen LogP contribution in [0.4, 0.5) is 5.69 Å². The molecule has 8 nitrogen and oxygen atoms in total. The quantitative estimate of drug-likeness (QED) is 0.307. The van der Waals surface area contributed by atoms with Crippen LogP contribution in [0, 0.1) is 0 Å². The Bertz CT molecular complexity index is 1390. The molecule has 3 aromatic rings. The lowest BCUT2D eigenvalue weighted by Crippen LogP contribution is -2.55. The molecule has 214 valence electrons. The minimum absolute atomic E-state index is 0.0601. The molecule has 1 unspecified atom stereocenters. The molecule has 1 N–H and O–H groups in total. The van der Waals surface area contributed by atoms with E-state index < -0.39 is 34.1 Å². The largest absolute Gasteiger partial charge is 0.497 e. The van der Waals surface area contributed by atoms with Crippen LogP contribution < -0.4 is 14.4 Å². The highest BCUT2D eigenvalue weighted by Gasteiger charge is 2.34. The molecule has 40 heavy (non-hydrogen) atoms. The number of amides is 2. The molecule has 0 heterocycles. The van der Waals surface area contributed by atoms with Gasteiger partial charge in [0.25, 0.3) is 10.0 Å². The first kappa shape index (κ1) is 31.2. The molecular weight excluding hydrogens is 594 g/mol. The van der Waals surface area contributed by atoms with Crippen molar-refractivity contribution in [2.24, 2.45) is 0 Å². The van der Waals surface area contributed by atoms with Crippen LogP contribution in [-0.4, -0.2) is 50.4 Å². The molecule has 0 aliphatic carbocycles. The average molecular weight is 631 g/mol. The number of ether oxygens (including phenoxy) is 1. The second kappa shape index (κ2) is 13.3. The van der Waals surface area contributed by atoms with Gasteiger partial charge in [-0.15, -0.1) is 0 Å². The van der Waals surface area contributed by atoms with Crippen LogP contribution >= 0.6 is 15.9 Å². The molecule has 0 aliphatic rings. The first-order valence-corrected chi connectivity index (χ1v) is 15.2. The number of halogens is 1. The first-order chi connectivity index (χ1) is 18.9. The molecule has 1 atom stereocenters. The monoisotopic (exact) mass is 629 g/mol. The number of sulfonamides is 1. The average Bonchev–Trinajstić information content (AvgIpc) is 2.92. The third-order valence-electron chi connectivity index (χ3n) is 6.12. The molecule has 0 aliphatic heterocycles. The zero-order chi connectivity index (χ0) is 29.5. The van der Waals surface area contributed by atoms with Crippen molar-refractivity contribution in [1.29, 1.82) is 0 Å². The zero-order valence-corrected chi connectivity index (χ0v) is 25.8. The summed E-state index contributed by atoms with van der Waals surface area (Å²) in [6.07, 6.45) is 0.341. The molecule has 0 spiro atoms. The van der Waals surface area contributed by atoms with Gasteiger partial charge in [0, 0.05) is 16.6 Å². The van der Waals surface area contributed by atoms with Gasteiger partial charge in [-0.3, -0.25) is 13.9 Å². The van der Waals surface area contributed by atoms with Gasteiger partial charge in [0.2, 0.25) is 11.8 Å². The van der Waals surface area contributed by atoms with Crippen LogP contribution in [0.15, 0.2) is 88.2 Å². The van der Waals surface area contributed by atoms with Crippen molar-refractivity contribution < 1.29 is 22.7 Å².